The Labute approximate surface area is 213 Å². The van der Waals surface area contributed by atoms with Crippen molar-refractivity contribution in [2.75, 3.05) is 32.8 Å². The molecule has 0 bridgehead atoms. The number of fused-ring (bicyclic) bond motifs is 1. The van der Waals surface area contributed by atoms with E-state index in [0.29, 0.717) is 24.4 Å². The van der Waals surface area contributed by atoms with Crippen LogP contribution in [0.15, 0.2) is 54.2 Å². The first-order chi connectivity index (χ1) is 17.7. The molecule has 2 heterocycles. The fourth-order valence-electron chi connectivity index (χ4n) is 4.52. The van der Waals surface area contributed by atoms with Gasteiger partial charge in [-0.15, -0.1) is 0 Å². The molecular weight excluding hydrogens is 487 g/mol. The Hall–Kier alpha value is -3.37. The van der Waals surface area contributed by atoms with Crippen molar-refractivity contribution >= 4 is 11.6 Å². The van der Waals surface area contributed by atoms with Crippen LogP contribution < -0.4 is 14.8 Å². The van der Waals surface area contributed by atoms with Crippen molar-refractivity contribution < 1.29 is 32.5 Å². The van der Waals surface area contributed by atoms with E-state index in [1.165, 1.54) is 36.5 Å². The van der Waals surface area contributed by atoms with E-state index in [4.69, 9.17) is 9.47 Å². The van der Waals surface area contributed by atoms with Crippen molar-refractivity contribution in [2.45, 2.75) is 37.8 Å². The summed E-state index contributed by atoms with van der Waals surface area (Å²) in [5, 5.41) is 13.5. The highest BCUT2D eigenvalue weighted by Gasteiger charge is 2.43. The van der Waals surface area contributed by atoms with E-state index in [1.54, 1.807) is 6.92 Å². The molecule has 2 N–H and O–H groups in total. The maximum absolute atomic E-state index is 15.2. The average molecular weight is 518 g/mol. The highest BCUT2D eigenvalue weighted by atomic mass is 19.3. The molecule has 2 atom stereocenters. The largest absolute Gasteiger partial charge is 0.486 e. The van der Waals surface area contributed by atoms with Crippen molar-refractivity contribution in [1.82, 2.24) is 10.2 Å². The highest BCUT2D eigenvalue weighted by Crippen LogP contribution is 2.37. The normalized spacial score (nSPS) is 17.8. The molecule has 7 nitrogen and oxygen atoms in total. The van der Waals surface area contributed by atoms with E-state index in [9.17, 15) is 14.3 Å². The summed E-state index contributed by atoms with van der Waals surface area (Å²) in [5.74, 6) is -6.11. The fourth-order valence-corrected chi connectivity index (χ4v) is 4.52. The average Bonchev–Trinajstić information content (AvgIpc) is 3.41. The van der Waals surface area contributed by atoms with Crippen molar-refractivity contribution in [3.05, 3.63) is 71.7 Å². The van der Waals surface area contributed by atoms with E-state index in [-0.39, 0.29) is 36.8 Å². The third kappa shape index (κ3) is 5.97. The Morgan fingerprint density at radius 3 is 2.57 bits per heavy atom. The molecule has 0 aliphatic carbocycles. The van der Waals surface area contributed by atoms with Crippen molar-refractivity contribution in [1.29, 1.82) is 0 Å². The molecule has 0 unspecified atom stereocenters. The van der Waals surface area contributed by atoms with Crippen molar-refractivity contribution in [2.24, 2.45) is 4.99 Å². The molecule has 2 aromatic carbocycles. The van der Waals surface area contributed by atoms with Gasteiger partial charge in [0, 0.05) is 24.0 Å². The van der Waals surface area contributed by atoms with Crippen LogP contribution in [0, 0.1) is 5.82 Å². The number of halogens is 3. The van der Waals surface area contributed by atoms with Gasteiger partial charge >= 0.3 is 5.92 Å². The number of rotatable bonds is 9. The van der Waals surface area contributed by atoms with Crippen LogP contribution in [0.2, 0.25) is 0 Å². The van der Waals surface area contributed by atoms with Gasteiger partial charge in [-0.1, -0.05) is 30.8 Å². The molecule has 1 saturated heterocycles. The van der Waals surface area contributed by atoms with E-state index in [2.05, 4.69) is 16.9 Å². The number of alkyl halides is 2. The van der Waals surface area contributed by atoms with Gasteiger partial charge in [0.1, 0.15) is 19.3 Å². The monoisotopic (exact) mass is 517 g/mol. The molecule has 4 rings (SSSR count). The number of ether oxygens (including phenoxy) is 2. The minimum Gasteiger partial charge on any atom is -0.486 e. The Balaban J connectivity index is 1.57. The number of hydrogen-bond acceptors (Lipinski definition) is 6. The maximum atomic E-state index is 15.2. The second kappa shape index (κ2) is 11.4. The van der Waals surface area contributed by atoms with E-state index >= 15 is 8.78 Å². The number of amides is 1. The number of aliphatic hydroxyl groups excluding tert-OH is 1. The predicted molar refractivity (Wildman–Crippen MR) is 133 cm³/mol. The summed E-state index contributed by atoms with van der Waals surface area (Å²) in [4.78, 5) is 18.9. The number of carbonyl (C=O) groups excluding carboxylic acids is 1. The van der Waals surface area contributed by atoms with Gasteiger partial charge in [-0.25, -0.2) is 4.39 Å². The number of aliphatic imine (C=N–C) groups is 1. The molecule has 2 aromatic rings. The van der Waals surface area contributed by atoms with Gasteiger partial charge in [0.15, 0.2) is 17.3 Å². The molecule has 2 aliphatic rings. The van der Waals surface area contributed by atoms with Crippen LogP contribution in [0.4, 0.5) is 13.2 Å². The van der Waals surface area contributed by atoms with Crippen LogP contribution in [0.5, 0.6) is 11.5 Å². The summed E-state index contributed by atoms with van der Waals surface area (Å²) < 4.78 is 55.8. The topological polar surface area (TPSA) is 83.4 Å². The summed E-state index contributed by atoms with van der Waals surface area (Å²) in [6.07, 6.45) is 1.73. The summed E-state index contributed by atoms with van der Waals surface area (Å²) >= 11 is 0. The number of carbonyl (C=O) groups is 1. The lowest BCUT2D eigenvalue weighted by Gasteiger charge is -2.30. The summed E-state index contributed by atoms with van der Waals surface area (Å²) in [6.45, 7) is 7.16. The zero-order chi connectivity index (χ0) is 26.6. The van der Waals surface area contributed by atoms with Gasteiger partial charge < -0.3 is 24.8 Å². The van der Waals surface area contributed by atoms with Crippen molar-refractivity contribution in [3.8, 4) is 11.5 Å². The smallest absolute Gasteiger partial charge is 0.349 e. The lowest BCUT2D eigenvalue weighted by molar-refractivity contribution is -0.149. The summed E-state index contributed by atoms with van der Waals surface area (Å²) in [5.41, 5.74) is 0.799. The second-order valence-electron chi connectivity index (χ2n) is 9.11. The van der Waals surface area contributed by atoms with E-state index < -0.39 is 35.4 Å². The number of aliphatic hydroxyl groups is 1. The molecule has 2 aliphatic heterocycles. The first-order valence-electron chi connectivity index (χ1n) is 12.1. The first-order valence-corrected chi connectivity index (χ1v) is 12.1. The van der Waals surface area contributed by atoms with Gasteiger partial charge in [0.25, 0.3) is 5.91 Å². The Kier molecular flexibility index (Phi) is 8.19. The van der Waals surface area contributed by atoms with Crippen LogP contribution in [0.25, 0.3) is 0 Å². The highest BCUT2D eigenvalue weighted by molar-refractivity contribution is 5.99. The number of likely N-dealkylation sites (tertiary alicyclic amines) is 1. The first kappa shape index (κ1) is 26.7. The van der Waals surface area contributed by atoms with Gasteiger partial charge in [0.05, 0.1) is 6.04 Å². The fraction of sp³-hybridized carbons (Fsp3) is 0.407. The van der Waals surface area contributed by atoms with Gasteiger partial charge in [-0.3, -0.25) is 9.79 Å². The molecule has 1 fully saturated rings. The van der Waals surface area contributed by atoms with Crippen LogP contribution in [0.1, 0.15) is 42.6 Å². The van der Waals surface area contributed by atoms with Crippen LogP contribution in [-0.2, 0) is 10.7 Å². The lowest BCUT2D eigenvalue weighted by Crippen LogP contribution is -2.51. The minimum absolute atomic E-state index is 0.0642. The van der Waals surface area contributed by atoms with Gasteiger partial charge in [-0.05, 0) is 56.1 Å². The molecule has 0 spiro atoms. The third-order valence-corrected chi connectivity index (χ3v) is 6.55. The maximum Gasteiger partial charge on any atom is 0.349 e. The molecule has 0 aromatic heterocycles. The zero-order valence-electron chi connectivity index (χ0n) is 20.6. The van der Waals surface area contributed by atoms with E-state index in [1.807, 2.05) is 4.90 Å². The summed E-state index contributed by atoms with van der Waals surface area (Å²) in [6, 6.07) is 6.60. The molecule has 0 saturated carbocycles. The molecule has 10 heteroatoms. The molecule has 37 heavy (non-hydrogen) atoms. The minimum atomic E-state index is -3.87. The SMILES string of the molecule is C=C/N=C(\C)c1ccc(C(F)(F)C(=O)N[C@H](CN2CCCC2)[C@H](O)c2cc(F)c3c(c2)OCCO3)cc1. The lowest BCUT2D eigenvalue weighted by atomic mass is 9.99. The van der Waals surface area contributed by atoms with Crippen molar-refractivity contribution in [3.63, 3.8) is 0 Å². The Morgan fingerprint density at radius 2 is 1.89 bits per heavy atom. The Morgan fingerprint density at radius 1 is 1.22 bits per heavy atom. The molecule has 198 valence electrons. The Bertz CT molecular complexity index is 1160. The van der Waals surface area contributed by atoms with Gasteiger partial charge in [-0.2, -0.15) is 8.78 Å². The third-order valence-electron chi connectivity index (χ3n) is 6.55. The standard InChI is InChI=1S/C27H30F3N3O4/c1-3-31-17(2)18-6-8-20(9-7-18)27(29,30)26(35)32-22(16-33-10-4-5-11-33)24(34)19-14-21(28)25-23(15-19)36-12-13-37-25/h3,6-9,14-15,22,24,34H,1,4-5,10-13,16H2,2H3,(H,32,35)/b31-17+/t22-,24-/m1/s1. The van der Waals surface area contributed by atoms with E-state index in [0.717, 1.165) is 18.9 Å². The van der Waals surface area contributed by atoms with Crippen LogP contribution in [-0.4, -0.2) is 60.5 Å². The number of nitrogens with zero attached hydrogens (tertiary/aromatic N) is 2. The summed E-state index contributed by atoms with van der Waals surface area (Å²) in [7, 11) is 0. The molecule has 1 amide bonds. The second-order valence-corrected chi connectivity index (χ2v) is 9.11. The number of nitrogens with one attached hydrogen (secondary N) is 1. The molecular formula is C27H30F3N3O4. The van der Waals surface area contributed by atoms with Gasteiger partial charge in [0.2, 0.25) is 0 Å². The van der Waals surface area contributed by atoms with Crippen LogP contribution in [0.3, 0.4) is 0 Å². The zero-order valence-corrected chi connectivity index (χ0v) is 20.6. The number of benzene rings is 2. The quantitative estimate of drug-likeness (QED) is 0.492. The van der Waals surface area contributed by atoms with Crippen LogP contribution >= 0.6 is 0 Å². The number of hydrogen-bond donors (Lipinski definition) is 2. The predicted octanol–water partition coefficient (Wildman–Crippen LogP) is 3.96. The molecule has 0 radical (unpaired) electrons.